The third-order valence-electron chi connectivity index (χ3n) is 3.87. The zero-order chi connectivity index (χ0) is 17.6. The molecule has 1 amide bonds. The van der Waals surface area contributed by atoms with Crippen molar-refractivity contribution in [3.8, 4) is 5.75 Å². The molecule has 0 spiro atoms. The van der Waals surface area contributed by atoms with Crippen molar-refractivity contribution in [1.82, 2.24) is 4.90 Å². The summed E-state index contributed by atoms with van der Waals surface area (Å²) in [5.41, 5.74) is 0.527. The summed E-state index contributed by atoms with van der Waals surface area (Å²) in [5, 5.41) is 10.9. The third-order valence-corrected chi connectivity index (χ3v) is 4.72. The number of hydrogen-bond donors (Lipinski definition) is 1. The first kappa shape index (κ1) is 17.4. The van der Waals surface area contributed by atoms with E-state index in [0.29, 0.717) is 31.1 Å². The van der Waals surface area contributed by atoms with Gasteiger partial charge < -0.3 is 19.5 Å². The molecule has 0 radical (unpaired) electrons. The summed E-state index contributed by atoms with van der Waals surface area (Å²) >= 11 is 1.62. The van der Waals surface area contributed by atoms with Gasteiger partial charge in [-0.3, -0.25) is 9.59 Å². The van der Waals surface area contributed by atoms with Gasteiger partial charge in [-0.2, -0.15) is 0 Å². The Morgan fingerprint density at radius 2 is 2.20 bits per heavy atom. The van der Waals surface area contributed by atoms with Crippen LogP contribution in [-0.4, -0.2) is 47.7 Å². The minimum Gasteiger partial charge on any atom is -0.488 e. The lowest BCUT2D eigenvalue weighted by Crippen LogP contribution is -2.46. The number of carbonyl (C=O) groups excluding carboxylic acids is 1. The summed E-state index contributed by atoms with van der Waals surface area (Å²) in [7, 11) is 0. The Morgan fingerprint density at radius 1 is 1.32 bits per heavy atom. The van der Waals surface area contributed by atoms with Crippen LogP contribution in [0, 0.1) is 0 Å². The summed E-state index contributed by atoms with van der Waals surface area (Å²) in [4.78, 5) is 26.3. The Kier molecular flexibility index (Phi) is 5.67. The van der Waals surface area contributed by atoms with Gasteiger partial charge in [0.2, 0.25) is 0 Å². The number of morpholine rings is 1. The van der Waals surface area contributed by atoms with Crippen molar-refractivity contribution in [3.63, 3.8) is 0 Å². The lowest BCUT2D eigenvalue weighted by molar-refractivity contribution is -0.141. The van der Waals surface area contributed by atoms with Gasteiger partial charge in [0, 0.05) is 23.5 Å². The van der Waals surface area contributed by atoms with Crippen LogP contribution in [0.2, 0.25) is 0 Å². The summed E-state index contributed by atoms with van der Waals surface area (Å²) in [5.74, 6) is -0.432. The van der Waals surface area contributed by atoms with Crippen LogP contribution in [0.4, 0.5) is 0 Å². The molecular weight excluding hydrogens is 342 g/mol. The average molecular weight is 361 g/mol. The summed E-state index contributed by atoms with van der Waals surface area (Å²) in [6.45, 7) is 1.55. The van der Waals surface area contributed by atoms with E-state index >= 15 is 0 Å². The lowest BCUT2D eigenvalue weighted by Gasteiger charge is -2.32. The standard InChI is InChI=1S/C18H19NO5S/c20-17(21)10-15-11-19(6-7-23-15)18(22)13-3-1-4-14(9-13)24-12-16-5-2-8-25-16/h1-5,8-9,15H,6-7,10-12H2,(H,20,21)/t15-/m0/s1. The molecule has 1 aliphatic rings. The second-order valence-corrected chi connectivity index (χ2v) is 6.77. The Balaban J connectivity index is 1.63. The largest absolute Gasteiger partial charge is 0.488 e. The van der Waals surface area contributed by atoms with Crippen molar-refractivity contribution < 1.29 is 24.2 Å². The molecule has 1 aromatic carbocycles. The predicted molar refractivity (Wildman–Crippen MR) is 93.0 cm³/mol. The summed E-state index contributed by atoms with van der Waals surface area (Å²) in [6.07, 6.45) is -0.568. The van der Waals surface area contributed by atoms with E-state index < -0.39 is 12.1 Å². The number of thiophene rings is 1. The first-order valence-corrected chi connectivity index (χ1v) is 8.87. The number of benzene rings is 1. The molecule has 0 bridgehead atoms. The quantitative estimate of drug-likeness (QED) is 0.856. The van der Waals surface area contributed by atoms with Gasteiger partial charge in [0.15, 0.2) is 0 Å². The van der Waals surface area contributed by atoms with Gasteiger partial charge in [-0.15, -0.1) is 11.3 Å². The van der Waals surface area contributed by atoms with Crippen LogP contribution in [0.1, 0.15) is 21.7 Å². The molecule has 0 saturated carbocycles. The Labute approximate surface area is 149 Å². The monoisotopic (exact) mass is 361 g/mol. The smallest absolute Gasteiger partial charge is 0.306 e. The third kappa shape index (κ3) is 4.80. The number of rotatable bonds is 6. The van der Waals surface area contributed by atoms with E-state index in [4.69, 9.17) is 14.6 Å². The number of hydrogen-bond acceptors (Lipinski definition) is 5. The SMILES string of the molecule is O=C(O)C[C@H]1CN(C(=O)c2cccc(OCc3cccs3)c2)CCO1. The molecule has 3 rings (SSSR count). The highest BCUT2D eigenvalue weighted by Gasteiger charge is 2.26. The first-order valence-electron chi connectivity index (χ1n) is 8.00. The molecule has 2 aromatic rings. The second-order valence-electron chi connectivity index (χ2n) is 5.74. The van der Waals surface area contributed by atoms with Crippen molar-refractivity contribution in [1.29, 1.82) is 0 Å². The highest BCUT2D eigenvalue weighted by atomic mass is 32.1. The maximum Gasteiger partial charge on any atom is 0.306 e. The van der Waals surface area contributed by atoms with Crippen LogP contribution in [0.3, 0.4) is 0 Å². The van der Waals surface area contributed by atoms with E-state index in [1.165, 1.54) is 0 Å². The van der Waals surface area contributed by atoms with E-state index in [9.17, 15) is 9.59 Å². The van der Waals surface area contributed by atoms with E-state index in [1.54, 1.807) is 34.4 Å². The fourth-order valence-corrected chi connectivity index (χ4v) is 3.29. The summed E-state index contributed by atoms with van der Waals surface area (Å²) < 4.78 is 11.1. The van der Waals surface area contributed by atoms with Gasteiger partial charge in [-0.25, -0.2) is 0 Å². The molecule has 1 aliphatic heterocycles. The highest BCUT2D eigenvalue weighted by molar-refractivity contribution is 7.09. The van der Waals surface area contributed by atoms with Gasteiger partial charge >= 0.3 is 5.97 Å². The number of aliphatic carboxylic acids is 1. The molecule has 0 unspecified atom stereocenters. The minimum atomic E-state index is -0.928. The Morgan fingerprint density at radius 3 is 2.96 bits per heavy atom. The van der Waals surface area contributed by atoms with E-state index in [-0.39, 0.29) is 18.9 Å². The molecule has 2 heterocycles. The number of nitrogens with zero attached hydrogens (tertiary/aromatic N) is 1. The molecular formula is C18H19NO5S. The Bertz CT molecular complexity index is 731. The van der Waals surface area contributed by atoms with Gasteiger partial charge in [-0.05, 0) is 29.6 Å². The molecule has 1 atom stereocenters. The summed E-state index contributed by atoms with van der Waals surface area (Å²) in [6, 6.07) is 11.0. The first-order chi connectivity index (χ1) is 12.1. The fourth-order valence-electron chi connectivity index (χ4n) is 2.67. The number of ether oxygens (including phenoxy) is 2. The number of carbonyl (C=O) groups is 2. The second kappa shape index (κ2) is 8.13. The highest BCUT2D eigenvalue weighted by Crippen LogP contribution is 2.19. The van der Waals surface area contributed by atoms with Crippen LogP contribution in [-0.2, 0) is 16.1 Å². The number of amides is 1. The van der Waals surface area contributed by atoms with Crippen LogP contribution in [0.5, 0.6) is 5.75 Å². The van der Waals surface area contributed by atoms with Crippen molar-refractivity contribution in [2.24, 2.45) is 0 Å². The van der Waals surface area contributed by atoms with Gasteiger partial charge in [0.1, 0.15) is 12.4 Å². The van der Waals surface area contributed by atoms with Gasteiger partial charge in [0.05, 0.1) is 19.1 Å². The maximum atomic E-state index is 12.7. The molecule has 1 saturated heterocycles. The Hall–Kier alpha value is -2.38. The normalized spacial score (nSPS) is 17.3. The molecule has 25 heavy (non-hydrogen) atoms. The molecule has 6 nitrogen and oxygen atoms in total. The fraction of sp³-hybridized carbons (Fsp3) is 0.333. The van der Waals surface area contributed by atoms with Crippen molar-refractivity contribution in [3.05, 3.63) is 52.2 Å². The van der Waals surface area contributed by atoms with Crippen molar-refractivity contribution >= 4 is 23.2 Å². The van der Waals surface area contributed by atoms with Crippen LogP contribution < -0.4 is 4.74 Å². The van der Waals surface area contributed by atoms with Gasteiger partial charge in [-0.1, -0.05) is 12.1 Å². The van der Waals surface area contributed by atoms with E-state index in [1.807, 2.05) is 23.6 Å². The molecule has 1 aromatic heterocycles. The van der Waals surface area contributed by atoms with Crippen LogP contribution >= 0.6 is 11.3 Å². The van der Waals surface area contributed by atoms with E-state index in [0.717, 1.165) is 4.88 Å². The van der Waals surface area contributed by atoms with E-state index in [2.05, 4.69) is 0 Å². The molecule has 1 N–H and O–H groups in total. The maximum absolute atomic E-state index is 12.7. The topological polar surface area (TPSA) is 76.1 Å². The lowest BCUT2D eigenvalue weighted by atomic mass is 10.1. The number of carboxylic acids is 1. The molecule has 0 aliphatic carbocycles. The average Bonchev–Trinajstić information content (AvgIpc) is 3.13. The van der Waals surface area contributed by atoms with Crippen LogP contribution in [0.25, 0.3) is 0 Å². The van der Waals surface area contributed by atoms with Crippen molar-refractivity contribution in [2.45, 2.75) is 19.1 Å². The van der Waals surface area contributed by atoms with Gasteiger partial charge in [0.25, 0.3) is 5.91 Å². The van der Waals surface area contributed by atoms with Crippen LogP contribution in [0.15, 0.2) is 41.8 Å². The predicted octanol–water partition coefficient (Wildman–Crippen LogP) is 2.64. The van der Waals surface area contributed by atoms with Crippen molar-refractivity contribution in [2.75, 3.05) is 19.7 Å². The molecule has 1 fully saturated rings. The zero-order valence-electron chi connectivity index (χ0n) is 13.6. The minimum absolute atomic E-state index is 0.103. The molecule has 7 heteroatoms. The zero-order valence-corrected chi connectivity index (χ0v) is 14.4. The molecule has 132 valence electrons. The number of carboxylic acid groups (broad SMARTS) is 1.